The van der Waals surface area contributed by atoms with Gasteiger partial charge in [0.1, 0.15) is 0 Å². The van der Waals surface area contributed by atoms with Crippen LogP contribution in [0.2, 0.25) is 0 Å². The minimum atomic E-state index is 0.552. The molecule has 96 valence electrons. The molecular weight excluding hydrogens is 200 g/mol. The maximum Gasteiger partial charge on any atom is 0.0623 e. The van der Waals surface area contributed by atoms with Gasteiger partial charge < -0.3 is 15.4 Å². The smallest absolute Gasteiger partial charge is 0.0623 e. The molecule has 3 heteroatoms. The summed E-state index contributed by atoms with van der Waals surface area (Å²) < 4.78 is 5.53. The molecule has 0 amide bonds. The van der Waals surface area contributed by atoms with Crippen molar-refractivity contribution in [1.29, 1.82) is 0 Å². The minimum absolute atomic E-state index is 0.552. The number of likely N-dealkylation sites (N-methyl/N-ethyl adjacent to an activating group) is 1. The van der Waals surface area contributed by atoms with Crippen LogP contribution in [-0.2, 0) is 4.74 Å². The Bertz CT molecular complexity index is 175. The van der Waals surface area contributed by atoms with Gasteiger partial charge in [-0.1, -0.05) is 26.7 Å². The predicted molar refractivity (Wildman–Crippen MR) is 68.8 cm³/mol. The first kappa shape index (κ1) is 13.9. The van der Waals surface area contributed by atoms with Crippen molar-refractivity contribution < 1.29 is 4.74 Å². The molecule has 1 saturated heterocycles. The molecule has 16 heavy (non-hydrogen) atoms. The molecule has 1 heterocycles. The van der Waals surface area contributed by atoms with Gasteiger partial charge in [-0.2, -0.15) is 0 Å². The highest BCUT2D eigenvalue weighted by atomic mass is 16.5. The first-order valence-corrected chi connectivity index (χ1v) is 6.82. The average molecular weight is 228 g/mol. The SMILES string of the molecule is CCCCC(C)NCC1COCC1NCC. The summed E-state index contributed by atoms with van der Waals surface area (Å²) in [6, 6.07) is 1.19. The van der Waals surface area contributed by atoms with Gasteiger partial charge in [-0.25, -0.2) is 0 Å². The fraction of sp³-hybridized carbons (Fsp3) is 1.00. The Balaban J connectivity index is 2.15. The highest BCUT2D eigenvalue weighted by Crippen LogP contribution is 2.13. The topological polar surface area (TPSA) is 33.3 Å². The molecule has 3 nitrogen and oxygen atoms in total. The van der Waals surface area contributed by atoms with E-state index in [0.29, 0.717) is 18.0 Å². The van der Waals surface area contributed by atoms with Gasteiger partial charge in [0.25, 0.3) is 0 Å². The molecule has 3 unspecified atom stereocenters. The summed E-state index contributed by atoms with van der Waals surface area (Å²) in [7, 11) is 0. The first-order chi connectivity index (χ1) is 7.77. The van der Waals surface area contributed by atoms with E-state index >= 15 is 0 Å². The van der Waals surface area contributed by atoms with Crippen LogP contribution in [0.15, 0.2) is 0 Å². The standard InChI is InChI=1S/C13H28N2O/c1-4-6-7-11(3)15-8-12-9-16-10-13(12)14-5-2/h11-15H,4-10H2,1-3H3. The second kappa shape index (κ2) is 8.04. The molecule has 2 N–H and O–H groups in total. The Morgan fingerprint density at radius 2 is 2.12 bits per heavy atom. The van der Waals surface area contributed by atoms with E-state index in [1.807, 2.05) is 0 Å². The monoisotopic (exact) mass is 228 g/mol. The normalized spacial score (nSPS) is 27.2. The van der Waals surface area contributed by atoms with Gasteiger partial charge in [-0.15, -0.1) is 0 Å². The Hall–Kier alpha value is -0.120. The second-order valence-corrected chi connectivity index (χ2v) is 4.91. The lowest BCUT2D eigenvalue weighted by molar-refractivity contribution is 0.181. The molecule has 0 saturated carbocycles. The van der Waals surface area contributed by atoms with Crippen LogP contribution in [0.25, 0.3) is 0 Å². The number of hydrogen-bond acceptors (Lipinski definition) is 3. The van der Waals surface area contributed by atoms with Crippen LogP contribution in [0.1, 0.15) is 40.0 Å². The summed E-state index contributed by atoms with van der Waals surface area (Å²) in [6.07, 6.45) is 3.90. The molecule has 0 aromatic heterocycles. The van der Waals surface area contributed by atoms with Gasteiger partial charge in [-0.3, -0.25) is 0 Å². The van der Waals surface area contributed by atoms with Crippen molar-refractivity contribution in [3.63, 3.8) is 0 Å². The first-order valence-electron chi connectivity index (χ1n) is 6.82. The number of rotatable bonds is 8. The molecule has 1 fully saturated rings. The lowest BCUT2D eigenvalue weighted by Gasteiger charge is -2.21. The summed E-state index contributed by atoms with van der Waals surface area (Å²) in [5.74, 6) is 0.643. The molecule has 3 atom stereocenters. The fourth-order valence-corrected chi connectivity index (χ4v) is 2.25. The van der Waals surface area contributed by atoms with E-state index in [1.54, 1.807) is 0 Å². The zero-order valence-corrected chi connectivity index (χ0v) is 11.1. The van der Waals surface area contributed by atoms with Crippen LogP contribution < -0.4 is 10.6 Å². The molecule has 0 aromatic rings. The largest absolute Gasteiger partial charge is 0.379 e. The number of hydrogen-bond donors (Lipinski definition) is 2. The Kier molecular flexibility index (Phi) is 7.01. The number of nitrogens with one attached hydrogen (secondary N) is 2. The van der Waals surface area contributed by atoms with Crippen molar-refractivity contribution in [2.75, 3.05) is 26.3 Å². The Morgan fingerprint density at radius 3 is 2.81 bits per heavy atom. The van der Waals surface area contributed by atoms with Crippen LogP contribution >= 0.6 is 0 Å². The number of ether oxygens (including phenoxy) is 1. The van der Waals surface area contributed by atoms with Gasteiger partial charge in [0.2, 0.25) is 0 Å². The maximum absolute atomic E-state index is 5.53. The molecule has 1 rings (SSSR count). The summed E-state index contributed by atoms with van der Waals surface area (Å²) in [4.78, 5) is 0. The van der Waals surface area contributed by atoms with E-state index in [4.69, 9.17) is 4.74 Å². The van der Waals surface area contributed by atoms with Gasteiger partial charge >= 0.3 is 0 Å². The Morgan fingerprint density at radius 1 is 1.31 bits per heavy atom. The van der Waals surface area contributed by atoms with Crippen LogP contribution in [0.4, 0.5) is 0 Å². The van der Waals surface area contributed by atoms with E-state index in [0.717, 1.165) is 26.3 Å². The highest BCUT2D eigenvalue weighted by Gasteiger charge is 2.27. The quantitative estimate of drug-likeness (QED) is 0.664. The van der Waals surface area contributed by atoms with Crippen molar-refractivity contribution in [2.45, 2.75) is 52.1 Å². The lowest BCUT2D eigenvalue weighted by atomic mass is 10.0. The summed E-state index contributed by atoms with van der Waals surface area (Å²) in [5.41, 5.74) is 0. The molecule has 0 bridgehead atoms. The summed E-state index contributed by atoms with van der Waals surface area (Å²) >= 11 is 0. The second-order valence-electron chi connectivity index (χ2n) is 4.91. The zero-order valence-electron chi connectivity index (χ0n) is 11.1. The van der Waals surface area contributed by atoms with Crippen LogP contribution in [0.5, 0.6) is 0 Å². The molecule has 0 radical (unpaired) electrons. The highest BCUT2D eigenvalue weighted by molar-refractivity contribution is 4.83. The minimum Gasteiger partial charge on any atom is -0.379 e. The van der Waals surface area contributed by atoms with Gasteiger partial charge in [0.15, 0.2) is 0 Å². The van der Waals surface area contributed by atoms with Crippen molar-refractivity contribution in [1.82, 2.24) is 10.6 Å². The third-order valence-electron chi connectivity index (χ3n) is 3.38. The number of unbranched alkanes of at least 4 members (excludes halogenated alkanes) is 1. The summed E-state index contributed by atoms with van der Waals surface area (Å²) in [5, 5.41) is 7.12. The third kappa shape index (κ3) is 4.81. The van der Waals surface area contributed by atoms with Crippen LogP contribution in [-0.4, -0.2) is 38.4 Å². The molecule has 0 aliphatic carbocycles. The van der Waals surface area contributed by atoms with E-state index in [2.05, 4.69) is 31.4 Å². The van der Waals surface area contributed by atoms with Crippen LogP contribution in [0, 0.1) is 5.92 Å². The summed E-state index contributed by atoms with van der Waals surface area (Å²) in [6.45, 7) is 10.6. The lowest BCUT2D eigenvalue weighted by Crippen LogP contribution is -2.42. The van der Waals surface area contributed by atoms with E-state index in [1.165, 1.54) is 19.3 Å². The maximum atomic E-state index is 5.53. The van der Waals surface area contributed by atoms with Gasteiger partial charge in [-0.05, 0) is 19.9 Å². The molecule has 1 aliphatic heterocycles. The van der Waals surface area contributed by atoms with Gasteiger partial charge in [0, 0.05) is 24.5 Å². The van der Waals surface area contributed by atoms with Crippen molar-refractivity contribution in [3.05, 3.63) is 0 Å². The molecule has 0 aromatic carbocycles. The fourth-order valence-electron chi connectivity index (χ4n) is 2.25. The van der Waals surface area contributed by atoms with Crippen molar-refractivity contribution in [2.24, 2.45) is 5.92 Å². The molecular formula is C13H28N2O. The van der Waals surface area contributed by atoms with Crippen molar-refractivity contribution in [3.8, 4) is 0 Å². The van der Waals surface area contributed by atoms with E-state index in [-0.39, 0.29) is 0 Å². The van der Waals surface area contributed by atoms with Crippen LogP contribution in [0.3, 0.4) is 0 Å². The zero-order chi connectivity index (χ0) is 11.8. The predicted octanol–water partition coefficient (Wildman–Crippen LogP) is 1.78. The van der Waals surface area contributed by atoms with E-state index in [9.17, 15) is 0 Å². The average Bonchev–Trinajstić information content (AvgIpc) is 2.72. The van der Waals surface area contributed by atoms with Crippen molar-refractivity contribution >= 4 is 0 Å². The molecule has 1 aliphatic rings. The third-order valence-corrected chi connectivity index (χ3v) is 3.38. The Labute approximate surface area is 100 Å². The van der Waals surface area contributed by atoms with Gasteiger partial charge in [0.05, 0.1) is 13.2 Å². The molecule has 0 spiro atoms. The van der Waals surface area contributed by atoms with E-state index < -0.39 is 0 Å².